The monoisotopic (exact) mass is 335 g/mol. The smallest absolute Gasteiger partial charge is 0.318 e. The summed E-state index contributed by atoms with van der Waals surface area (Å²) in [5.41, 5.74) is 2.04. The second kappa shape index (κ2) is 7.35. The molecule has 3 aromatic rings. The van der Waals surface area contributed by atoms with Gasteiger partial charge < -0.3 is 20.4 Å². The number of urea groups is 1. The highest BCUT2D eigenvalue weighted by atomic mass is 16.3. The lowest BCUT2D eigenvalue weighted by molar-refractivity contribution is -0.111. The molecule has 1 heterocycles. The van der Waals surface area contributed by atoms with Crippen LogP contribution in [-0.4, -0.2) is 19.0 Å². The molecule has 2 aromatic carbocycles. The zero-order valence-corrected chi connectivity index (χ0v) is 13.6. The van der Waals surface area contributed by atoms with Crippen LogP contribution in [0.4, 0.5) is 16.2 Å². The van der Waals surface area contributed by atoms with Gasteiger partial charge in [0.05, 0.1) is 0 Å². The van der Waals surface area contributed by atoms with E-state index in [1.54, 1.807) is 30.3 Å². The number of hydrogen-bond donors (Lipinski definition) is 3. The van der Waals surface area contributed by atoms with Crippen LogP contribution in [0.3, 0.4) is 0 Å². The molecule has 3 amide bonds. The molecule has 0 unspecified atom stereocenters. The van der Waals surface area contributed by atoms with Gasteiger partial charge in [-0.2, -0.15) is 0 Å². The molecule has 0 saturated heterocycles. The molecule has 0 fully saturated rings. The number of para-hydroxylation sites is 1. The van der Waals surface area contributed by atoms with Crippen molar-refractivity contribution in [2.75, 3.05) is 17.7 Å². The Hall–Kier alpha value is -3.54. The number of fused-ring (bicyclic) bond motifs is 1. The number of anilines is 2. The van der Waals surface area contributed by atoms with E-state index in [0.717, 1.165) is 11.0 Å². The first-order valence-corrected chi connectivity index (χ1v) is 7.70. The van der Waals surface area contributed by atoms with Gasteiger partial charge >= 0.3 is 6.03 Å². The second-order valence-corrected chi connectivity index (χ2v) is 5.29. The van der Waals surface area contributed by atoms with Gasteiger partial charge in [-0.15, -0.1) is 0 Å². The van der Waals surface area contributed by atoms with Crippen molar-refractivity contribution < 1.29 is 14.0 Å². The second-order valence-electron chi connectivity index (χ2n) is 5.29. The van der Waals surface area contributed by atoms with Crippen molar-refractivity contribution >= 4 is 40.4 Å². The zero-order valence-electron chi connectivity index (χ0n) is 13.6. The summed E-state index contributed by atoms with van der Waals surface area (Å²) in [6, 6.07) is 16.0. The Morgan fingerprint density at radius 1 is 0.960 bits per heavy atom. The predicted octanol–water partition coefficient (Wildman–Crippen LogP) is 3.84. The fourth-order valence-electron chi connectivity index (χ4n) is 2.26. The summed E-state index contributed by atoms with van der Waals surface area (Å²) < 4.78 is 5.62. The van der Waals surface area contributed by atoms with Crippen molar-refractivity contribution in [3.63, 3.8) is 0 Å². The molecule has 126 valence electrons. The topological polar surface area (TPSA) is 83.4 Å². The number of rotatable bonds is 4. The average Bonchev–Trinajstić information content (AvgIpc) is 3.04. The SMILES string of the molecule is CNC(=O)Nc1ccc(NC(=O)/C=C/c2cc3ccccc3o2)cc1. The molecule has 1 aromatic heterocycles. The summed E-state index contributed by atoms with van der Waals surface area (Å²) >= 11 is 0. The number of carbonyl (C=O) groups is 2. The molecule has 0 aliphatic heterocycles. The van der Waals surface area contributed by atoms with Gasteiger partial charge in [-0.1, -0.05) is 18.2 Å². The molecule has 0 spiro atoms. The molecule has 3 rings (SSSR count). The lowest BCUT2D eigenvalue weighted by Crippen LogP contribution is -2.24. The Labute approximate surface area is 144 Å². The highest BCUT2D eigenvalue weighted by Gasteiger charge is 2.03. The Morgan fingerprint density at radius 3 is 2.32 bits per heavy atom. The van der Waals surface area contributed by atoms with Crippen molar-refractivity contribution in [1.29, 1.82) is 0 Å². The summed E-state index contributed by atoms with van der Waals surface area (Å²) in [6.07, 6.45) is 3.03. The van der Waals surface area contributed by atoms with Crippen LogP contribution < -0.4 is 16.0 Å². The number of hydrogen-bond acceptors (Lipinski definition) is 3. The molecule has 0 saturated carbocycles. The van der Waals surface area contributed by atoms with E-state index in [1.165, 1.54) is 13.1 Å². The van der Waals surface area contributed by atoms with E-state index in [2.05, 4.69) is 16.0 Å². The van der Waals surface area contributed by atoms with Gasteiger partial charge in [0.2, 0.25) is 5.91 Å². The molecule has 25 heavy (non-hydrogen) atoms. The third kappa shape index (κ3) is 4.26. The van der Waals surface area contributed by atoms with Crippen LogP contribution in [0.2, 0.25) is 0 Å². The number of carbonyl (C=O) groups excluding carboxylic acids is 2. The van der Waals surface area contributed by atoms with Gasteiger partial charge in [0.15, 0.2) is 0 Å². The van der Waals surface area contributed by atoms with Crippen molar-refractivity contribution in [2.24, 2.45) is 0 Å². The molecule has 0 aliphatic rings. The van der Waals surface area contributed by atoms with E-state index >= 15 is 0 Å². The van der Waals surface area contributed by atoms with E-state index in [1.807, 2.05) is 30.3 Å². The Morgan fingerprint density at radius 2 is 1.64 bits per heavy atom. The zero-order chi connectivity index (χ0) is 17.6. The minimum atomic E-state index is -0.300. The van der Waals surface area contributed by atoms with Crippen LogP contribution in [0.1, 0.15) is 5.76 Å². The van der Waals surface area contributed by atoms with Crippen molar-refractivity contribution in [1.82, 2.24) is 5.32 Å². The van der Waals surface area contributed by atoms with Crippen LogP contribution >= 0.6 is 0 Å². The van der Waals surface area contributed by atoms with Crippen LogP contribution in [0, 0.1) is 0 Å². The lowest BCUT2D eigenvalue weighted by atomic mass is 10.2. The lowest BCUT2D eigenvalue weighted by Gasteiger charge is -2.06. The van der Waals surface area contributed by atoms with Crippen LogP contribution in [-0.2, 0) is 4.79 Å². The fourth-order valence-corrected chi connectivity index (χ4v) is 2.26. The van der Waals surface area contributed by atoms with Crippen molar-refractivity contribution in [3.05, 3.63) is 66.4 Å². The van der Waals surface area contributed by atoms with E-state index in [0.29, 0.717) is 17.1 Å². The van der Waals surface area contributed by atoms with Crippen molar-refractivity contribution in [3.8, 4) is 0 Å². The Balaban J connectivity index is 1.60. The van der Waals surface area contributed by atoms with Crippen LogP contribution in [0.5, 0.6) is 0 Å². The van der Waals surface area contributed by atoms with Gasteiger partial charge in [-0.25, -0.2) is 4.79 Å². The molecule has 3 N–H and O–H groups in total. The maximum atomic E-state index is 12.0. The number of nitrogens with one attached hydrogen (secondary N) is 3. The van der Waals surface area contributed by atoms with Crippen LogP contribution in [0.15, 0.2) is 65.1 Å². The molecular weight excluding hydrogens is 318 g/mol. The van der Waals surface area contributed by atoms with Gasteiger partial charge in [0, 0.05) is 29.9 Å². The van der Waals surface area contributed by atoms with Crippen molar-refractivity contribution in [2.45, 2.75) is 0 Å². The standard InChI is InChI=1S/C19H17N3O3/c1-20-19(24)22-15-8-6-14(7-9-15)21-18(23)11-10-16-12-13-4-2-3-5-17(13)25-16/h2-12H,1H3,(H,21,23)(H2,20,22,24)/b11-10+. The minimum Gasteiger partial charge on any atom is -0.457 e. The van der Waals surface area contributed by atoms with E-state index in [9.17, 15) is 9.59 Å². The quantitative estimate of drug-likeness (QED) is 0.634. The van der Waals surface area contributed by atoms with Gasteiger partial charge in [0.25, 0.3) is 0 Å². The molecular formula is C19H17N3O3. The predicted molar refractivity (Wildman–Crippen MR) is 98.4 cm³/mol. The summed E-state index contributed by atoms with van der Waals surface area (Å²) in [4.78, 5) is 23.2. The largest absolute Gasteiger partial charge is 0.457 e. The highest BCUT2D eigenvalue weighted by Crippen LogP contribution is 2.19. The third-order valence-electron chi connectivity index (χ3n) is 3.48. The Bertz CT molecular complexity index is 893. The fraction of sp³-hybridized carbons (Fsp3) is 0.0526. The first-order valence-electron chi connectivity index (χ1n) is 7.70. The van der Waals surface area contributed by atoms with E-state index < -0.39 is 0 Å². The summed E-state index contributed by atoms with van der Waals surface area (Å²) in [7, 11) is 1.54. The van der Waals surface area contributed by atoms with Gasteiger partial charge in [-0.3, -0.25) is 4.79 Å². The highest BCUT2D eigenvalue weighted by molar-refractivity contribution is 6.02. The first-order chi connectivity index (χ1) is 12.1. The van der Waals surface area contributed by atoms with Gasteiger partial charge in [-0.05, 0) is 42.5 Å². The number of benzene rings is 2. The first kappa shape index (κ1) is 16.3. The van der Waals surface area contributed by atoms with Crippen LogP contribution in [0.25, 0.3) is 17.0 Å². The molecule has 0 aliphatic carbocycles. The van der Waals surface area contributed by atoms with E-state index in [4.69, 9.17) is 4.42 Å². The maximum Gasteiger partial charge on any atom is 0.318 e. The third-order valence-corrected chi connectivity index (χ3v) is 3.48. The van der Waals surface area contributed by atoms with Gasteiger partial charge in [0.1, 0.15) is 11.3 Å². The molecule has 6 heteroatoms. The summed E-state index contributed by atoms with van der Waals surface area (Å²) in [5.74, 6) is 0.342. The molecule has 0 bridgehead atoms. The summed E-state index contributed by atoms with van der Waals surface area (Å²) in [5, 5.41) is 8.84. The Kier molecular flexibility index (Phi) is 4.80. The minimum absolute atomic E-state index is 0.271. The summed E-state index contributed by atoms with van der Waals surface area (Å²) in [6.45, 7) is 0. The number of amides is 3. The number of furan rings is 1. The average molecular weight is 335 g/mol. The molecule has 0 atom stereocenters. The molecule has 6 nitrogen and oxygen atoms in total. The normalized spacial score (nSPS) is 10.8. The molecule has 0 radical (unpaired) electrons. The van der Waals surface area contributed by atoms with E-state index in [-0.39, 0.29) is 11.9 Å². The maximum absolute atomic E-state index is 12.0.